The summed E-state index contributed by atoms with van der Waals surface area (Å²) in [5.41, 5.74) is 1.83. The number of amides is 5. The van der Waals surface area contributed by atoms with Gasteiger partial charge in [-0.15, -0.1) is 12.4 Å². The Balaban J connectivity index is 0.00000552. The maximum absolute atomic E-state index is 14.1. The van der Waals surface area contributed by atoms with Crippen molar-refractivity contribution in [1.82, 2.24) is 20.4 Å². The molecule has 13 heteroatoms. The Hall–Kier alpha value is -3.90. The number of hydrogen-bond acceptors (Lipinski definition) is 5. The molecule has 1 atom stereocenters. The van der Waals surface area contributed by atoms with Gasteiger partial charge in [0.05, 0.1) is 6.04 Å². The van der Waals surface area contributed by atoms with Crippen molar-refractivity contribution in [3.05, 3.63) is 76.2 Å². The van der Waals surface area contributed by atoms with E-state index in [2.05, 4.69) is 26.9 Å². The Morgan fingerprint density at radius 3 is 2.27 bits per heavy atom. The zero-order valence-corrected chi connectivity index (χ0v) is 26.5. The van der Waals surface area contributed by atoms with Crippen LogP contribution in [0, 0.1) is 23.4 Å². The molecule has 2 aliphatic heterocycles. The average molecular weight is 650 g/mol. The molecule has 0 bridgehead atoms. The van der Waals surface area contributed by atoms with Crippen LogP contribution in [0.3, 0.4) is 0 Å². The number of nitrogens with one attached hydrogen (secondary N) is 3. The minimum Gasteiger partial charge on any atom is -0.337 e. The van der Waals surface area contributed by atoms with E-state index in [1.54, 1.807) is 0 Å². The van der Waals surface area contributed by atoms with Gasteiger partial charge in [0.15, 0.2) is 23.2 Å². The molecule has 2 heterocycles. The van der Waals surface area contributed by atoms with Crippen LogP contribution in [-0.2, 0) is 9.59 Å². The van der Waals surface area contributed by atoms with Crippen LogP contribution in [0.15, 0.2) is 47.7 Å². The first-order valence-corrected chi connectivity index (χ1v) is 14.7. The van der Waals surface area contributed by atoms with E-state index in [1.165, 1.54) is 19.4 Å². The molecule has 2 aliphatic rings. The number of hydrogen-bond donors (Lipinski definition) is 3. The highest BCUT2D eigenvalue weighted by Gasteiger charge is 2.41. The Kier molecular flexibility index (Phi) is 12.2. The Morgan fingerprint density at radius 2 is 1.67 bits per heavy atom. The topological polar surface area (TPSA) is 111 Å². The number of likely N-dealkylation sites (tertiary alicyclic amines) is 1. The number of ketones is 1. The standard InChI is InChI=1S/C32H38F3N5O4.ClH/c1-18(2)30(42)38-24-8-5-7-22(15-24)21-9-13-39(14-10-21)12-6-11-36-31(43)40-29(23-16-25(33)28(35)26(34)17-23)27(20(4)41)19(3)37-32(40)44;/h5,7-8,15-18,21,29H,6,9-14H2,1-4H3,(H,36,43)(H,37,44)(H,38,42);1H. The molecular formula is C32H39ClF3N5O4. The molecule has 45 heavy (non-hydrogen) atoms. The van der Waals surface area contributed by atoms with Crippen molar-refractivity contribution >= 4 is 41.8 Å². The number of rotatable bonds is 9. The van der Waals surface area contributed by atoms with Crippen LogP contribution in [0.5, 0.6) is 0 Å². The molecule has 2 aromatic rings. The van der Waals surface area contributed by atoms with Gasteiger partial charge in [-0.05, 0) is 94.1 Å². The van der Waals surface area contributed by atoms with Crippen molar-refractivity contribution < 1.29 is 32.3 Å². The van der Waals surface area contributed by atoms with E-state index in [1.807, 2.05) is 32.0 Å². The van der Waals surface area contributed by atoms with Crippen LogP contribution >= 0.6 is 12.4 Å². The second kappa shape index (κ2) is 15.4. The largest absolute Gasteiger partial charge is 0.337 e. The molecule has 0 aromatic heterocycles. The van der Waals surface area contributed by atoms with E-state index in [4.69, 9.17) is 0 Å². The summed E-state index contributed by atoms with van der Waals surface area (Å²) in [5, 5.41) is 8.07. The van der Waals surface area contributed by atoms with Gasteiger partial charge in [0.2, 0.25) is 5.91 Å². The van der Waals surface area contributed by atoms with E-state index >= 15 is 0 Å². The van der Waals surface area contributed by atoms with Gasteiger partial charge in [-0.3, -0.25) is 9.59 Å². The summed E-state index contributed by atoms with van der Waals surface area (Å²) in [6, 6.07) is 6.13. The van der Waals surface area contributed by atoms with Crippen molar-refractivity contribution in [2.75, 3.05) is 31.5 Å². The van der Waals surface area contributed by atoms with E-state index in [0.29, 0.717) is 35.9 Å². The van der Waals surface area contributed by atoms with Gasteiger partial charge >= 0.3 is 12.1 Å². The summed E-state index contributed by atoms with van der Waals surface area (Å²) >= 11 is 0. The van der Waals surface area contributed by atoms with Crippen LogP contribution in [-0.4, -0.2) is 59.7 Å². The number of Topliss-reactive ketones (excluding diaryl/α,β-unsaturated/α-hetero) is 1. The number of halogens is 4. The Morgan fingerprint density at radius 1 is 1.02 bits per heavy atom. The Bertz CT molecular complexity index is 1450. The highest BCUT2D eigenvalue weighted by atomic mass is 35.5. The van der Waals surface area contributed by atoms with Gasteiger partial charge in [0.1, 0.15) is 0 Å². The van der Waals surface area contributed by atoms with Crippen molar-refractivity contribution in [3.8, 4) is 0 Å². The summed E-state index contributed by atoms with van der Waals surface area (Å²) < 4.78 is 41.9. The number of urea groups is 2. The molecule has 9 nitrogen and oxygen atoms in total. The number of carbonyl (C=O) groups is 4. The van der Waals surface area contributed by atoms with E-state index in [0.717, 1.165) is 31.6 Å². The normalized spacial score (nSPS) is 17.6. The van der Waals surface area contributed by atoms with Gasteiger partial charge in [-0.1, -0.05) is 26.0 Å². The second-order valence-corrected chi connectivity index (χ2v) is 11.6. The van der Waals surface area contributed by atoms with Crippen LogP contribution in [0.2, 0.25) is 0 Å². The van der Waals surface area contributed by atoms with Crippen molar-refractivity contribution in [1.29, 1.82) is 0 Å². The molecule has 1 unspecified atom stereocenters. The third kappa shape index (κ3) is 8.43. The molecule has 1 fully saturated rings. The summed E-state index contributed by atoms with van der Waals surface area (Å²) in [7, 11) is 0. The molecule has 0 spiro atoms. The first kappa shape index (κ1) is 35.6. The molecule has 3 N–H and O–H groups in total. The molecule has 4 rings (SSSR count). The van der Waals surface area contributed by atoms with Crippen LogP contribution in [0.4, 0.5) is 28.4 Å². The van der Waals surface area contributed by atoms with Crippen LogP contribution in [0.25, 0.3) is 0 Å². The molecule has 2 aromatic carbocycles. The molecule has 244 valence electrons. The average Bonchev–Trinajstić information content (AvgIpc) is 2.97. The smallest absolute Gasteiger partial charge is 0.330 e. The fourth-order valence-corrected chi connectivity index (χ4v) is 5.68. The predicted molar refractivity (Wildman–Crippen MR) is 166 cm³/mol. The van der Waals surface area contributed by atoms with E-state index in [9.17, 15) is 32.3 Å². The minimum atomic E-state index is -1.69. The third-order valence-electron chi connectivity index (χ3n) is 8.03. The lowest BCUT2D eigenvalue weighted by Gasteiger charge is -2.36. The number of imide groups is 1. The summed E-state index contributed by atoms with van der Waals surface area (Å²) in [6.45, 7) is 8.95. The molecular weight excluding hydrogens is 611 g/mol. The fraction of sp³-hybridized carbons (Fsp3) is 0.438. The maximum atomic E-state index is 14.1. The maximum Gasteiger partial charge on any atom is 0.330 e. The van der Waals surface area contributed by atoms with Gasteiger partial charge < -0.3 is 20.9 Å². The minimum absolute atomic E-state index is 0. The monoisotopic (exact) mass is 649 g/mol. The third-order valence-corrected chi connectivity index (χ3v) is 8.03. The number of piperidine rings is 1. The summed E-state index contributed by atoms with van der Waals surface area (Å²) in [4.78, 5) is 53.6. The molecule has 0 saturated carbocycles. The van der Waals surface area contributed by atoms with Gasteiger partial charge in [-0.2, -0.15) is 0 Å². The number of allylic oxidation sites excluding steroid dienone is 1. The quantitative estimate of drug-likeness (QED) is 0.227. The number of anilines is 1. The summed E-state index contributed by atoms with van der Waals surface area (Å²) in [6.07, 6.45) is 2.45. The van der Waals surface area contributed by atoms with Crippen LogP contribution < -0.4 is 16.0 Å². The number of benzene rings is 2. The zero-order valence-electron chi connectivity index (χ0n) is 25.7. The van der Waals surface area contributed by atoms with Crippen molar-refractivity contribution in [2.45, 2.75) is 58.9 Å². The molecule has 0 aliphatic carbocycles. The number of nitrogens with zero attached hydrogens (tertiary/aromatic N) is 2. The van der Waals surface area contributed by atoms with E-state index < -0.39 is 41.3 Å². The highest BCUT2D eigenvalue weighted by Crippen LogP contribution is 2.35. The van der Waals surface area contributed by atoms with Gasteiger partial charge in [0, 0.05) is 29.4 Å². The lowest BCUT2D eigenvalue weighted by Crippen LogP contribution is -2.54. The van der Waals surface area contributed by atoms with Crippen molar-refractivity contribution in [2.24, 2.45) is 5.92 Å². The number of carbonyl (C=O) groups excluding carboxylic acids is 4. The van der Waals surface area contributed by atoms with Crippen LogP contribution in [0.1, 0.15) is 70.0 Å². The first-order valence-electron chi connectivity index (χ1n) is 14.7. The first-order chi connectivity index (χ1) is 20.9. The van der Waals surface area contributed by atoms with E-state index in [-0.39, 0.29) is 47.6 Å². The molecule has 0 radical (unpaired) electrons. The highest BCUT2D eigenvalue weighted by molar-refractivity contribution is 6.03. The van der Waals surface area contributed by atoms with Crippen molar-refractivity contribution in [3.63, 3.8) is 0 Å². The molecule has 1 saturated heterocycles. The zero-order chi connectivity index (χ0) is 32.1. The van der Waals surface area contributed by atoms with Gasteiger partial charge in [0.25, 0.3) is 0 Å². The lowest BCUT2D eigenvalue weighted by molar-refractivity contribution is -0.119. The SMILES string of the molecule is CC(=O)C1=C(C)NC(=O)N(C(=O)NCCCN2CCC(c3cccc(NC(=O)C(C)C)c3)CC2)C1c1cc(F)c(F)c(F)c1.Cl. The molecule has 5 amide bonds. The van der Waals surface area contributed by atoms with Gasteiger partial charge in [-0.25, -0.2) is 27.7 Å². The summed E-state index contributed by atoms with van der Waals surface area (Å²) in [5.74, 6) is -4.97. The predicted octanol–water partition coefficient (Wildman–Crippen LogP) is 6.03. The fourth-order valence-electron chi connectivity index (χ4n) is 5.68. The lowest BCUT2D eigenvalue weighted by atomic mass is 9.89. The Labute approximate surface area is 267 Å². The second-order valence-electron chi connectivity index (χ2n) is 11.6.